The van der Waals surface area contributed by atoms with E-state index >= 15 is 0 Å². The Balaban J connectivity index is 0.00000144. The van der Waals surface area contributed by atoms with Crippen LogP contribution in [0.5, 0.6) is 0 Å². The third kappa shape index (κ3) is 2.80. The summed E-state index contributed by atoms with van der Waals surface area (Å²) in [6.07, 6.45) is 0.0971. The van der Waals surface area contributed by atoms with Crippen LogP contribution in [0.3, 0.4) is 0 Å². The van der Waals surface area contributed by atoms with Crippen molar-refractivity contribution in [2.45, 2.75) is 19.4 Å². The van der Waals surface area contributed by atoms with Crippen LogP contribution >= 0.6 is 0 Å². The van der Waals surface area contributed by atoms with Gasteiger partial charge in [-0.15, -0.1) is 0 Å². The molecule has 0 saturated carbocycles. The molecule has 1 atom stereocenters. The van der Waals surface area contributed by atoms with Crippen LogP contribution in [0, 0.1) is 5.41 Å². The monoisotopic (exact) mass is 165 g/mol. The van der Waals surface area contributed by atoms with Crippen molar-refractivity contribution >= 4 is 0 Å². The van der Waals surface area contributed by atoms with E-state index in [9.17, 15) is 0 Å². The first-order chi connectivity index (χ1) is 5.68. The van der Waals surface area contributed by atoms with Crippen LogP contribution in [0.15, 0.2) is 24.3 Å². The molecule has 0 spiro atoms. The van der Waals surface area contributed by atoms with Crippen LogP contribution in [0.1, 0.15) is 14.0 Å². The summed E-state index contributed by atoms with van der Waals surface area (Å²) >= 11 is 0. The van der Waals surface area contributed by atoms with Crippen LogP contribution < -0.4 is 5.49 Å². The first-order valence-electron chi connectivity index (χ1n) is 3.87. The van der Waals surface area contributed by atoms with E-state index < -0.39 is 6.10 Å². The van der Waals surface area contributed by atoms with E-state index in [0.29, 0.717) is 6.42 Å². The molecule has 0 aliphatic heterocycles. The number of aliphatic hydroxyl groups excluding tert-OH is 1. The van der Waals surface area contributed by atoms with Gasteiger partial charge in [-0.1, -0.05) is 12.1 Å². The van der Waals surface area contributed by atoms with E-state index in [1.54, 1.807) is 19.1 Å². The highest BCUT2D eigenvalue weighted by atomic mass is 16.3. The summed E-state index contributed by atoms with van der Waals surface area (Å²) in [6, 6.07) is 7.01. The fourth-order valence-corrected chi connectivity index (χ4v) is 0.959. The van der Waals surface area contributed by atoms with Gasteiger partial charge in [0, 0.05) is 12.1 Å². The number of hydrogen-bond donors (Lipinski definition) is 2. The molecular weight excluding hydrogens is 152 g/mol. The first kappa shape index (κ1) is 8.87. The molecule has 0 bridgehead atoms. The maximum Gasteiger partial charge on any atom is 1.00 e. The molecule has 0 radical (unpaired) electrons. The molecule has 0 fully saturated rings. The second-order valence-corrected chi connectivity index (χ2v) is 2.76. The Hall–Kier alpha value is -1.22. The Kier molecular flexibility index (Phi) is 2.94. The highest BCUT2D eigenvalue weighted by molar-refractivity contribution is 5.03. The lowest BCUT2D eigenvalue weighted by Crippen LogP contribution is -2.09. The molecule has 2 N–H and O–H groups in total. The SMILES string of the molecule is CC(O)Cc1ccccc(=N)n1.[H+]. The molecule has 1 aromatic rings. The van der Waals surface area contributed by atoms with Crippen LogP contribution in [-0.2, 0) is 6.42 Å². The second kappa shape index (κ2) is 3.97. The second-order valence-electron chi connectivity index (χ2n) is 2.76. The Bertz CT molecular complexity index is 314. The van der Waals surface area contributed by atoms with Gasteiger partial charge >= 0.3 is 1.43 Å². The van der Waals surface area contributed by atoms with Crippen molar-refractivity contribution in [2.75, 3.05) is 0 Å². The van der Waals surface area contributed by atoms with Crippen LogP contribution in [0.4, 0.5) is 0 Å². The maximum atomic E-state index is 9.08. The summed E-state index contributed by atoms with van der Waals surface area (Å²) < 4.78 is 0. The Labute approximate surface area is 72.7 Å². The first-order valence-corrected chi connectivity index (χ1v) is 3.87. The van der Waals surface area contributed by atoms with Crippen LogP contribution in [0.25, 0.3) is 0 Å². The third-order valence-corrected chi connectivity index (χ3v) is 1.42. The highest BCUT2D eigenvalue weighted by Gasteiger charge is 1.97. The van der Waals surface area contributed by atoms with Crippen LogP contribution in [0.2, 0.25) is 0 Å². The molecule has 12 heavy (non-hydrogen) atoms. The molecular formula is C9H13N2O+. The average molecular weight is 165 g/mol. The topological polar surface area (TPSA) is 57.0 Å². The standard InChI is InChI=1S/C9H12N2O/c1-7(12)6-8-4-2-3-5-9(10)11-8/h2-5,7,10,12H,6H2,1H3/p+1. The molecule has 64 valence electrons. The van der Waals surface area contributed by atoms with E-state index in [1.807, 2.05) is 12.1 Å². The maximum absolute atomic E-state index is 9.08. The van der Waals surface area contributed by atoms with Gasteiger partial charge in [-0.3, -0.25) is 5.41 Å². The fourth-order valence-electron chi connectivity index (χ4n) is 0.959. The molecule has 1 rings (SSSR count). The molecule has 0 amide bonds. The summed E-state index contributed by atoms with van der Waals surface area (Å²) in [7, 11) is 0. The molecule has 0 aliphatic rings. The number of hydrogen-bond acceptors (Lipinski definition) is 3. The summed E-state index contributed by atoms with van der Waals surface area (Å²) in [5.41, 5.74) is 0.982. The van der Waals surface area contributed by atoms with Crippen molar-refractivity contribution in [3.05, 3.63) is 35.4 Å². The molecule has 1 unspecified atom stereocenters. The van der Waals surface area contributed by atoms with Gasteiger partial charge in [-0.05, 0) is 19.1 Å². The van der Waals surface area contributed by atoms with Crippen LogP contribution in [-0.4, -0.2) is 16.2 Å². The lowest BCUT2D eigenvalue weighted by atomic mass is 10.2. The average Bonchev–Trinajstić information content (AvgIpc) is 2.12. The minimum absolute atomic E-state index is 0. The van der Waals surface area contributed by atoms with E-state index in [1.165, 1.54) is 0 Å². The van der Waals surface area contributed by atoms with Crippen molar-refractivity contribution in [2.24, 2.45) is 0 Å². The van der Waals surface area contributed by atoms with E-state index in [2.05, 4.69) is 4.98 Å². The minimum Gasteiger partial charge on any atom is -0.393 e. The number of nitrogens with zero attached hydrogens (tertiary/aromatic N) is 1. The zero-order valence-electron chi connectivity index (χ0n) is 7.99. The van der Waals surface area contributed by atoms with E-state index in [0.717, 1.165) is 5.69 Å². The van der Waals surface area contributed by atoms with E-state index in [-0.39, 0.29) is 6.91 Å². The van der Waals surface area contributed by atoms with Gasteiger partial charge in [0.25, 0.3) is 0 Å². The molecule has 1 aromatic heterocycles. The van der Waals surface area contributed by atoms with Gasteiger partial charge in [-0.2, -0.15) is 0 Å². The van der Waals surface area contributed by atoms with Crippen molar-refractivity contribution in [3.63, 3.8) is 0 Å². The van der Waals surface area contributed by atoms with Crippen molar-refractivity contribution in [3.8, 4) is 0 Å². The quantitative estimate of drug-likeness (QED) is 0.674. The number of rotatable bonds is 2. The summed E-state index contributed by atoms with van der Waals surface area (Å²) in [5.74, 6) is 0. The smallest absolute Gasteiger partial charge is 0.393 e. The third-order valence-electron chi connectivity index (χ3n) is 1.42. The van der Waals surface area contributed by atoms with Gasteiger partial charge in [0.05, 0.1) is 6.10 Å². The normalized spacial score (nSPS) is 12.5. The molecule has 1 heterocycles. The summed E-state index contributed by atoms with van der Waals surface area (Å²) in [5, 5.41) is 16.4. The zero-order valence-corrected chi connectivity index (χ0v) is 6.99. The largest absolute Gasteiger partial charge is 1.00 e. The van der Waals surface area contributed by atoms with Gasteiger partial charge in [0.1, 0.15) is 5.49 Å². The Morgan fingerprint density at radius 2 is 2.25 bits per heavy atom. The number of aromatic nitrogens is 1. The van der Waals surface area contributed by atoms with Gasteiger partial charge in [-0.25, -0.2) is 4.98 Å². The van der Waals surface area contributed by atoms with Gasteiger partial charge < -0.3 is 5.11 Å². The number of aliphatic hydroxyl groups is 1. The lowest BCUT2D eigenvalue weighted by Gasteiger charge is -1.99. The van der Waals surface area contributed by atoms with Crippen molar-refractivity contribution in [1.82, 2.24) is 4.98 Å². The minimum atomic E-state index is -0.403. The Morgan fingerprint density at radius 1 is 1.58 bits per heavy atom. The highest BCUT2D eigenvalue weighted by Crippen LogP contribution is 1.95. The predicted octanol–water partition coefficient (Wildman–Crippen LogP) is 0.597. The predicted molar refractivity (Wildman–Crippen MR) is 46.6 cm³/mol. The summed E-state index contributed by atoms with van der Waals surface area (Å²) in [4.78, 5) is 3.98. The molecule has 0 aliphatic carbocycles. The van der Waals surface area contributed by atoms with Crippen molar-refractivity contribution in [1.29, 1.82) is 5.41 Å². The number of nitrogens with one attached hydrogen (secondary N) is 1. The zero-order chi connectivity index (χ0) is 8.97. The van der Waals surface area contributed by atoms with E-state index in [4.69, 9.17) is 10.5 Å². The lowest BCUT2D eigenvalue weighted by molar-refractivity contribution is 0.194. The molecule has 0 saturated heterocycles. The van der Waals surface area contributed by atoms with Gasteiger partial charge in [0.15, 0.2) is 0 Å². The van der Waals surface area contributed by atoms with Gasteiger partial charge in [0.2, 0.25) is 0 Å². The van der Waals surface area contributed by atoms with Crippen molar-refractivity contribution < 1.29 is 6.53 Å². The molecule has 3 nitrogen and oxygen atoms in total. The fraction of sp³-hybridized carbons (Fsp3) is 0.333. The molecule has 0 aromatic carbocycles. The summed E-state index contributed by atoms with van der Waals surface area (Å²) in [6.45, 7) is 1.71. The Morgan fingerprint density at radius 3 is 2.92 bits per heavy atom. The molecule has 3 heteroatoms.